The van der Waals surface area contributed by atoms with Gasteiger partial charge >= 0.3 is 0 Å². The molecule has 3 heteroatoms. The summed E-state index contributed by atoms with van der Waals surface area (Å²) in [7, 11) is 0. The maximum absolute atomic E-state index is 5.44. The molecule has 0 aliphatic carbocycles. The lowest BCUT2D eigenvalue weighted by molar-refractivity contribution is 0.340. The second kappa shape index (κ2) is 5.21. The molecule has 1 aromatic rings. The van der Waals surface area contributed by atoms with E-state index in [0.717, 1.165) is 32.0 Å². The van der Waals surface area contributed by atoms with Crippen LogP contribution in [0.1, 0.15) is 13.8 Å². The van der Waals surface area contributed by atoms with Crippen molar-refractivity contribution >= 4 is 5.69 Å². The molecular weight excluding hydrogens is 200 g/mol. The van der Waals surface area contributed by atoms with Gasteiger partial charge in [0.15, 0.2) is 0 Å². The third kappa shape index (κ3) is 2.47. The molecule has 1 aliphatic rings. The first kappa shape index (κ1) is 11.3. The van der Waals surface area contributed by atoms with Crippen LogP contribution in [0.2, 0.25) is 0 Å². The van der Waals surface area contributed by atoms with Crippen molar-refractivity contribution in [2.45, 2.75) is 19.9 Å². The number of piperazine rings is 1. The molecule has 1 aromatic carbocycles. The molecule has 1 aliphatic heterocycles. The third-order valence-corrected chi connectivity index (χ3v) is 2.98. The minimum absolute atomic E-state index is 0.562. The molecule has 1 fully saturated rings. The third-order valence-electron chi connectivity index (χ3n) is 2.98. The number of hydrogen-bond donors (Lipinski definition) is 1. The van der Waals surface area contributed by atoms with Crippen LogP contribution in [0.4, 0.5) is 5.69 Å². The molecule has 1 N–H and O–H groups in total. The standard InChI is InChI=1S/C13H20N2O/c1-3-16-13-6-4-12(5-7-13)15-9-8-14-10-11(15)2/h4-7,11,14H,3,8-10H2,1-2H3. The van der Waals surface area contributed by atoms with Crippen LogP contribution in [0.3, 0.4) is 0 Å². The van der Waals surface area contributed by atoms with Crippen molar-refractivity contribution in [3.8, 4) is 5.75 Å². The summed E-state index contributed by atoms with van der Waals surface area (Å²) >= 11 is 0. The van der Waals surface area contributed by atoms with E-state index in [2.05, 4.69) is 29.3 Å². The van der Waals surface area contributed by atoms with Crippen LogP contribution in [0.5, 0.6) is 5.75 Å². The second-order valence-electron chi connectivity index (χ2n) is 4.17. The fraction of sp³-hybridized carbons (Fsp3) is 0.538. The van der Waals surface area contributed by atoms with E-state index in [1.807, 2.05) is 19.1 Å². The fourth-order valence-electron chi connectivity index (χ4n) is 2.13. The fourth-order valence-corrected chi connectivity index (χ4v) is 2.13. The zero-order valence-electron chi connectivity index (χ0n) is 10.1. The average molecular weight is 220 g/mol. The number of anilines is 1. The van der Waals surface area contributed by atoms with Gasteiger partial charge in [-0.25, -0.2) is 0 Å². The Labute approximate surface area is 97.4 Å². The van der Waals surface area contributed by atoms with Gasteiger partial charge in [-0.3, -0.25) is 0 Å². The van der Waals surface area contributed by atoms with Gasteiger partial charge in [0.05, 0.1) is 6.61 Å². The highest BCUT2D eigenvalue weighted by molar-refractivity contribution is 5.50. The largest absolute Gasteiger partial charge is 0.494 e. The molecular formula is C13H20N2O. The van der Waals surface area contributed by atoms with Gasteiger partial charge in [-0.1, -0.05) is 0 Å². The Morgan fingerprint density at radius 1 is 1.38 bits per heavy atom. The zero-order valence-corrected chi connectivity index (χ0v) is 10.1. The van der Waals surface area contributed by atoms with E-state index in [9.17, 15) is 0 Å². The van der Waals surface area contributed by atoms with E-state index < -0.39 is 0 Å². The maximum atomic E-state index is 5.44. The lowest BCUT2D eigenvalue weighted by Gasteiger charge is -2.35. The molecule has 0 bridgehead atoms. The highest BCUT2D eigenvalue weighted by atomic mass is 16.5. The number of hydrogen-bond acceptors (Lipinski definition) is 3. The summed E-state index contributed by atoms with van der Waals surface area (Å²) < 4.78 is 5.44. The number of rotatable bonds is 3. The van der Waals surface area contributed by atoms with Gasteiger partial charge in [0.2, 0.25) is 0 Å². The van der Waals surface area contributed by atoms with E-state index in [1.165, 1.54) is 5.69 Å². The first-order valence-electron chi connectivity index (χ1n) is 6.01. The molecule has 0 spiro atoms. The molecule has 2 rings (SSSR count). The van der Waals surface area contributed by atoms with Crippen LogP contribution in [-0.2, 0) is 0 Å². The summed E-state index contributed by atoms with van der Waals surface area (Å²) in [6, 6.07) is 8.95. The highest BCUT2D eigenvalue weighted by Crippen LogP contribution is 2.21. The Balaban J connectivity index is 2.08. The maximum Gasteiger partial charge on any atom is 0.119 e. The van der Waals surface area contributed by atoms with Gasteiger partial charge in [0, 0.05) is 31.4 Å². The lowest BCUT2D eigenvalue weighted by atomic mass is 10.2. The molecule has 0 radical (unpaired) electrons. The summed E-state index contributed by atoms with van der Waals surface area (Å²) in [5.41, 5.74) is 1.29. The molecule has 0 saturated carbocycles. The Hall–Kier alpha value is -1.22. The van der Waals surface area contributed by atoms with Crippen molar-refractivity contribution < 1.29 is 4.74 Å². The number of nitrogens with one attached hydrogen (secondary N) is 1. The Bertz CT molecular complexity index is 323. The van der Waals surface area contributed by atoms with E-state index >= 15 is 0 Å². The molecule has 1 unspecified atom stereocenters. The van der Waals surface area contributed by atoms with Gasteiger partial charge in [0.25, 0.3) is 0 Å². The Kier molecular flexibility index (Phi) is 3.67. The van der Waals surface area contributed by atoms with Crippen LogP contribution in [0.15, 0.2) is 24.3 Å². The molecule has 1 atom stereocenters. The van der Waals surface area contributed by atoms with Crippen molar-refractivity contribution in [3.05, 3.63) is 24.3 Å². The molecule has 16 heavy (non-hydrogen) atoms. The molecule has 0 aromatic heterocycles. The SMILES string of the molecule is CCOc1ccc(N2CCNCC2C)cc1. The minimum atomic E-state index is 0.562. The van der Waals surface area contributed by atoms with Gasteiger partial charge in [0.1, 0.15) is 5.75 Å². The average Bonchev–Trinajstić information content (AvgIpc) is 2.31. The van der Waals surface area contributed by atoms with Crippen molar-refractivity contribution in [2.75, 3.05) is 31.1 Å². The molecule has 88 valence electrons. The predicted octanol–water partition coefficient (Wildman–Crippen LogP) is 1.88. The van der Waals surface area contributed by atoms with Gasteiger partial charge in [-0.05, 0) is 38.1 Å². The van der Waals surface area contributed by atoms with E-state index in [-0.39, 0.29) is 0 Å². The monoisotopic (exact) mass is 220 g/mol. The Morgan fingerprint density at radius 2 is 2.12 bits per heavy atom. The highest BCUT2D eigenvalue weighted by Gasteiger charge is 2.17. The quantitative estimate of drug-likeness (QED) is 0.842. The second-order valence-corrected chi connectivity index (χ2v) is 4.17. The lowest BCUT2D eigenvalue weighted by Crippen LogP contribution is -2.49. The summed E-state index contributed by atoms with van der Waals surface area (Å²) in [5, 5.41) is 3.40. The van der Waals surface area contributed by atoms with Crippen LogP contribution >= 0.6 is 0 Å². The summed E-state index contributed by atoms with van der Waals surface area (Å²) in [5.74, 6) is 0.953. The van der Waals surface area contributed by atoms with Crippen LogP contribution in [0.25, 0.3) is 0 Å². The van der Waals surface area contributed by atoms with Crippen molar-refractivity contribution in [1.82, 2.24) is 5.32 Å². The molecule has 0 amide bonds. The number of nitrogens with zero attached hydrogens (tertiary/aromatic N) is 1. The molecule has 1 heterocycles. The predicted molar refractivity (Wildman–Crippen MR) is 67.3 cm³/mol. The number of benzene rings is 1. The smallest absolute Gasteiger partial charge is 0.119 e. The summed E-state index contributed by atoms with van der Waals surface area (Å²) in [6.45, 7) is 8.19. The van der Waals surface area contributed by atoms with Gasteiger partial charge in [-0.15, -0.1) is 0 Å². The number of ether oxygens (including phenoxy) is 1. The first-order valence-corrected chi connectivity index (χ1v) is 6.01. The topological polar surface area (TPSA) is 24.5 Å². The van der Waals surface area contributed by atoms with E-state index in [1.54, 1.807) is 0 Å². The molecule has 3 nitrogen and oxygen atoms in total. The van der Waals surface area contributed by atoms with Crippen LogP contribution < -0.4 is 15.0 Å². The summed E-state index contributed by atoms with van der Waals surface area (Å²) in [4.78, 5) is 2.44. The van der Waals surface area contributed by atoms with Crippen LogP contribution in [0, 0.1) is 0 Å². The van der Waals surface area contributed by atoms with Crippen molar-refractivity contribution in [2.24, 2.45) is 0 Å². The normalized spacial score (nSPS) is 20.9. The summed E-state index contributed by atoms with van der Waals surface area (Å²) in [6.07, 6.45) is 0. The zero-order chi connectivity index (χ0) is 11.4. The van der Waals surface area contributed by atoms with E-state index in [4.69, 9.17) is 4.74 Å². The Morgan fingerprint density at radius 3 is 2.75 bits per heavy atom. The van der Waals surface area contributed by atoms with Gasteiger partial charge < -0.3 is 15.0 Å². The first-order chi connectivity index (χ1) is 7.81. The molecule has 1 saturated heterocycles. The van der Waals surface area contributed by atoms with Crippen molar-refractivity contribution in [1.29, 1.82) is 0 Å². The minimum Gasteiger partial charge on any atom is -0.494 e. The van der Waals surface area contributed by atoms with Gasteiger partial charge in [-0.2, -0.15) is 0 Å². The van der Waals surface area contributed by atoms with Crippen molar-refractivity contribution in [3.63, 3.8) is 0 Å². The van der Waals surface area contributed by atoms with E-state index in [0.29, 0.717) is 6.04 Å². The van der Waals surface area contributed by atoms with Crippen LogP contribution in [-0.4, -0.2) is 32.3 Å².